The third-order valence-electron chi connectivity index (χ3n) is 4.84. The van der Waals surface area contributed by atoms with Crippen LogP contribution in [0.25, 0.3) is 0 Å². The van der Waals surface area contributed by atoms with Gasteiger partial charge in [0.25, 0.3) is 15.9 Å². The summed E-state index contributed by atoms with van der Waals surface area (Å²) in [5.74, 6) is -0.578. The van der Waals surface area contributed by atoms with Crippen molar-refractivity contribution < 1.29 is 22.7 Å². The number of nitrogens with one attached hydrogen (secondary N) is 2. The molecule has 2 N–H and O–H groups in total. The first-order valence-electron chi connectivity index (χ1n) is 10.4. The number of carbonyl (C=O) groups is 2. The Labute approximate surface area is 187 Å². The van der Waals surface area contributed by atoms with Crippen molar-refractivity contribution in [2.24, 2.45) is 4.99 Å². The van der Waals surface area contributed by atoms with Gasteiger partial charge in [-0.3, -0.25) is 14.5 Å². The van der Waals surface area contributed by atoms with E-state index in [1.54, 1.807) is 26.0 Å². The van der Waals surface area contributed by atoms with Gasteiger partial charge in [0, 0.05) is 18.7 Å². The Hall–Kier alpha value is -3.27. The highest BCUT2D eigenvalue weighted by atomic mass is 32.2. The van der Waals surface area contributed by atoms with Crippen molar-refractivity contribution >= 4 is 33.4 Å². The number of pyridine rings is 1. The number of ether oxygens (including phenoxy) is 1. The average molecular weight is 459 g/mol. The maximum Gasteiger partial charge on any atom is 0.339 e. The number of carbonyl (C=O) groups excluding carboxylic acids is 2. The maximum absolute atomic E-state index is 12.8. The highest BCUT2D eigenvalue weighted by Crippen LogP contribution is 2.18. The summed E-state index contributed by atoms with van der Waals surface area (Å²) >= 11 is 0. The van der Waals surface area contributed by atoms with Gasteiger partial charge in [-0.25, -0.2) is 18.2 Å². The standard InChI is InChI=1S/C22H26N4O5S/c1-3-31-22(28)18-11-12-19(24-15(18)2)21(27)25-16-8-7-9-17(14-16)32(29,30)26-20-10-5-4-6-13-23-20/h7-9,11-12,14H,3-6,10,13H2,1-2H3,(H,23,26)(H,25,27). The van der Waals surface area contributed by atoms with Gasteiger partial charge in [-0.1, -0.05) is 12.5 Å². The van der Waals surface area contributed by atoms with Crippen molar-refractivity contribution in [3.05, 3.63) is 53.3 Å². The molecule has 0 saturated carbocycles. The van der Waals surface area contributed by atoms with Gasteiger partial charge in [-0.15, -0.1) is 0 Å². The number of aliphatic imine (C=N–C) groups is 1. The highest BCUT2D eigenvalue weighted by molar-refractivity contribution is 7.90. The first-order chi connectivity index (χ1) is 15.3. The fourth-order valence-electron chi connectivity index (χ4n) is 3.22. The van der Waals surface area contributed by atoms with Gasteiger partial charge in [0.1, 0.15) is 11.5 Å². The fourth-order valence-corrected chi connectivity index (χ4v) is 4.35. The van der Waals surface area contributed by atoms with Crippen LogP contribution in [-0.2, 0) is 14.8 Å². The quantitative estimate of drug-likeness (QED) is 0.641. The molecule has 2 aromatic rings. The summed E-state index contributed by atoms with van der Waals surface area (Å²) < 4.78 is 33.0. The number of esters is 1. The predicted molar refractivity (Wildman–Crippen MR) is 120 cm³/mol. The van der Waals surface area contributed by atoms with Gasteiger partial charge in [0.15, 0.2) is 0 Å². The van der Waals surface area contributed by atoms with E-state index in [0.29, 0.717) is 30.2 Å². The predicted octanol–water partition coefficient (Wildman–Crippen LogP) is 3.07. The summed E-state index contributed by atoms with van der Waals surface area (Å²) in [6, 6.07) is 8.85. The second kappa shape index (κ2) is 10.4. The van der Waals surface area contributed by atoms with Crippen LogP contribution in [0.5, 0.6) is 0 Å². The number of benzene rings is 1. The van der Waals surface area contributed by atoms with E-state index in [0.717, 1.165) is 19.3 Å². The second-order valence-corrected chi connectivity index (χ2v) is 8.96. The second-order valence-electron chi connectivity index (χ2n) is 7.28. The Balaban J connectivity index is 1.74. The summed E-state index contributed by atoms with van der Waals surface area (Å²) in [5.41, 5.74) is 1.04. The molecule has 0 unspecified atom stereocenters. The molecule has 0 bridgehead atoms. The molecule has 0 radical (unpaired) electrons. The minimum absolute atomic E-state index is 0.0176. The van der Waals surface area contributed by atoms with Crippen molar-refractivity contribution in [2.45, 2.75) is 44.4 Å². The number of hydrogen-bond acceptors (Lipinski definition) is 7. The van der Waals surface area contributed by atoms with Crippen molar-refractivity contribution in [3.63, 3.8) is 0 Å². The number of aromatic nitrogens is 1. The zero-order valence-electron chi connectivity index (χ0n) is 18.1. The number of amidine groups is 1. The van der Waals surface area contributed by atoms with Crippen molar-refractivity contribution in [1.82, 2.24) is 9.71 Å². The molecule has 9 nitrogen and oxygen atoms in total. The van der Waals surface area contributed by atoms with Crippen LogP contribution in [0.3, 0.4) is 0 Å². The van der Waals surface area contributed by atoms with Crippen molar-refractivity contribution in [1.29, 1.82) is 0 Å². The molecule has 1 aliphatic heterocycles. The summed E-state index contributed by atoms with van der Waals surface area (Å²) in [6.45, 7) is 4.16. The molecule has 1 aromatic carbocycles. The van der Waals surface area contributed by atoms with Gasteiger partial charge < -0.3 is 10.1 Å². The summed E-state index contributed by atoms with van der Waals surface area (Å²) in [5, 5.41) is 2.65. The van der Waals surface area contributed by atoms with Gasteiger partial charge in [-0.2, -0.15) is 0 Å². The third-order valence-corrected chi connectivity index (χ3v) is 6.22. The van der Waals surface area contributed by atoms with Crippen molar-refractivity contribution in [2.75, 3.05) is 18.5 Å². The van der Waals surface area contributed by atoms with Crippen LogP contribution >= 0.6 is 0 Å². The monoisotopic (exact) mass is 458 g/mol. The molecular formula is C22H26N4O5S. The Morgan fingerprint density at radius 2 is 1.94 bits per heavy atom. The van der Waals surface area contributed by atoms with Crippen LogP contribution in [-0.4, -0.2) is 44.3 Å². The number of hydrogen-bond donors (Lipinski definition) is 2. The number of amides is 1. The van der Waals surface area contributed by atoms with Crippen LogP contribution in [0.4, 0.5) is 5.69 Å². The first-order valence-corrected chi connectivity index (χ1v) is 11.9. The highest BCUT2D eigenvalue weighted by Gasteiger charge is 2.19. The largest absolute Gasteiger partial charge is 0.462 e. The molecule has 170 valence electrons. The lowest BCUT2D eigenvalue weighted by molar-refractivity contribution is 0.0524. The molecule has 0 aliphatic carbocycles. The lowest BCUT2D eigenvalue weighted by Gasteiger charge is -2.12. The van der Waals surface area contributed by atoms with Crippen LogP contribution in [0.15, 0.2) is 46.3 Å². The Kier molecular flexibility index (Phi) is 7.57. The molecule has 2 heterocycles. The number of sulfonamides is 1. The molecule has 1 aliphatic rings. The molecule has 32 heavy (non-hydrogen) atoms. The van der Waals surface area contributed by atoms with E-state index in [4.69, 9.17) is 4.74 Å². The molecule has 0 atom stereocenters. The van der Waals surface area contributed by atoms with E-state index >= 15 is 0 Å². The number of rotatable bonds is 6. The minimum atomic E-state index is -3.83. The molecule has 10 heteroatoms. The summed E-state index contributed by atoms with van der Waals surface area (Å²) in [6.07, 6.45) is 3.44. The van der Waals surface area contributed by atoms with E-state index in [-0.39, 0.29) is 22.8 Å². The van der Waals surface area contributed by atoms with Crippen LogP contribution in [0.1, 0.15) is 59.1 Å². The van der Waals surface area contributed by atoms with E-state index in [1.165, 1.54) is 24.3 Å². The minimum Gasteiger partial charge on any atom is -0.462 e. The molecule has 1 aromatic heterocycles. The zero-order chi connectivity index (χ0) is 23.1. The van der Waals surface area contributed by atoms with Gasteiger partial charge in [0.2, 0.25) is 0 Å². The summed E-state index contributed by atoms with van der Waals surface area (Å²) in [4.78, 5) is 33.0. The molecule has 3 rings (SSSR count). The van der Waals surface area contributed by atoms with Crippen LogP contribution < -0.4 is 10.0 Å². The maximum atomic E-state index is 12.8. The van der Waals surface area contributed by atoms with Gasteiger partial charge >= 0.3 is 5.97 Å². The lowest BCUT2D eigenvalue weighted by Crippen LogP contribution is -2.30. The van der Waals surface area contributed by atoms with E-state index in [2.05, 4.69) is 20.0 Å². The molecular weight excluding hydrogens is 432 g/mol. The molecule has 0 spiro atoms. The molecule has 1 amide bonds. The smallest absolute Gasteiger partial charge is 0.339 e. The SMILES string of the molecule is CCOC(=O)c1ccc(C(=O)Nc2cccc(S(=O)(=O)NC3=NCCCCC3)c2)nc1C. The molecule has 0 fully saturated rings. The van der Waals surface area contributed by atoms with Gasteiger partial charge in [-0.05, 0) is 57.0 Å². The van der Waals surface area contributed by atoms with E-state index < -0.39 is 21.9 Å². The normalized spacial score (nSPS) is 14.1. The number of aryl methyl sites for hydroxylation is 1. The van der Waals surface area contributed by atoms with E-state index in [1.807, 2.05) is 0 Å². The number of anilines is 1. The topological polar surface area (TPSA) is 127 Å². The van der Waals surface area contributed by atoms with Crippen LogP contribution in [0, 0.1) is 6.92 Å². The first kappa shape index (κ1) is 23.4. The van der Waals surface area contributed by atoms with E-state index in [9.17, 15) is 18.0 Å². The van der Waals surface area contributed by atoms with Crippen molar-refractivity contribution in [3.8, 4) is 0 Å². The average Bonchev–Trinajstić information content (AvgIpc) is 3.02. The Bertz CT molecular complexity index is 1140. The fraction of sp³-hybridized carbons (Fsp3) is 0.364. The van der Waals surface area contributed by atoms with Crippen LogP contribution in [0.2, 0.25) is 0 Å². The van der Waals surface area contributed by atoms with Gasteiger partial charge in [0.05, 0.1) is 22.8 Å². The Morgan fingerprint density at radius 3 is 2.69 bits per heavy atom. The zero-order valence-corrected chi connectivity index (χ0v) is 18.9. The number of nitrogens with zero attached hydrogens (tertiary/aromatic N) is 2. The third kappa shape index (κ3) is 5.91. The summed E-state index contributed by atoms with van der Waals surface area (Å²) in [7, 11) is -3.83. The lowest BCUT2D eigenvalue weighted by atomic mass is 10.2. The molecule has 0 saturated heterocycles. The Morgan fingerprint density at radius 1 is 1.12 bits per heavy atom.